The Morgan fingerprint density at radius 2 is 1.71 bits per heavy atom. The fourth-order valence-corrected chi connectivity index (χ4v) is 5.86. The van der Waals surface area contributed by atoms with Crippen LogP contribution in [0.15, 0.2) is 66.7 Å². The molecule has 1 N–H and O–H groups in total. The molecule has 1 amide bonds. The van der Waals surface area contributed by atoms with Crippen LogP contribution in [0.4, 0.5) is 0 Å². The van der Waals surface area contributed by atoms with Crippen LogP contribution in [-0.4, -0.2) is 31.7 Å². The minimum atomic E-state index is -3.44. The number of halogens is 1. The average molecular weight is 457 g/mol. The zero-order valence-electron chi connectivity index (χ0n) is 17.1. The van der Waals surface area contributed by atoms with Crippen molar-refractivity contribution in [2.24, 2.45) is 5.92 Å². The molecule has 0 spiro atoms. The Labute approximate surface area is 188 Å². The van der Waals surface area contributed by atoms with E-state index in [9.17, 15) is 13.2 Å². The van der Waals surface area contributed by atoms with Gasteiger partial charge in [-0.2, -0.15) is 0 Å². The molecule has 1 aliphatic heterocycles. The van der Waals surface area contributed by atoms with Gasteiger partial charge in [0.25, 0.3) is 0 Å². The minimum Gasteiger partial charge on any atom is -0.352 e. The Balaban J connectivity index is 1.32. The van der Waals surface area contributed by atoms with Crippen LogP contribution in [0.3, 0.4) is 0 Å². The quantitative estimate of drug-likeness (QED) is 0.599. The first-order valence-electron chi connectivity index (χ1n) is 10.4. The second-order valence-electron chi connectivity index (χ2n) is 7.92. The van der Waals surface area contributed by atoms with Crippen molar-refractivity contribution in [3.63, 3.8) is 0 Å². The van der Waals surface area contributed by atoms with Gasteiger partial charge in [-0.15, -0.1) is 0 Å². The van der Waals surface area contributed by atoms with E-state index in [1.807, 2.05) is 24.3 Å². The Morgan fingerprint density at radius 1 is 1.00 bits per heavy atom. The van der Waals surface area contributed by atoms with Crippen LogP contribution in [0.1, 0.15) is 24.0 Å². The summed E-state index contributed by atoms with van der Waals surface area (Å²) in [6.07, 6.45) is 1.05. The molecule has 1 heterocycles. The second-order valence-corrected chi connectivity index (χ2v) is 10.3. The summed E-state index contributed by atoms with van der Waals surface area (Å²) in [7, 11) is -3.44. The average Bonchev–Trinajstić information content (AvgIpc) is 2.77. The lowest BCUT2D eigenvalue weighted by atomic mass is 9.97. The summed E-state index contributed by atoms with van der Waals surface area (Å²) in [6, 6.07) is 21.1. The molecule has 1 saturated heterocycles. The van der Waals surface area contributed by atoms with E-state index in [0.717, 1.165) is 16.3 Å². The molecule has 0 radical (unpaired) electrons. The first-order valence-corrected chi connectivity index (χ1v) is 12.4. The van der Waals surface area contributed by atoms with Gasteiger partial charge in [-0.3, -0.25) is 4.79 Å². The first kappa shape index (κ1) is 21.8. The Hall–Kier alpha value is -2.41. The molecule has 0 aliphatic carbocycles. The van der Waals surface area contributed by atoms with Crippen LogP contribution >= 0.6 is 11.6 Å². The molecule has 162 valence electrons. The van der Waals surface area contributed by atoms with E-state index >= 15 is 0 Å². The van der Waals surface area contributed by atoms with Gasteiger partial charge in [0.15, 0.2) is 0 Å². The third-order valence-corrected chi connectivity index (χ3v) is 7.87. The van der Waals surface area contributed by atoms with Gasteiger partial charge >= 0.3 is 0 Å². The highest BCUT2D eigenvalue weighted by Gasteiger charge is 2.31. The van der Waals surface area contributed by atoms with E-state index in [4.69, 9.17) is 11.6 Å². The van der Waals surface area contributed by atoms with Gasteiger partial charge in [-0.1, -0.05) is 66.2 Å². The Kier molecular flexibility index (Phi) is 6.60. The van der Waals surface area contributed by atoms with Crippen molar-refractivity contribution >= 4 is 38.3 Å². The maximum Gasteiger partial charge on any atom is 0.223 e. The van der Waals surface area contributed by atoms with Gasteiger partial charge in [0.2, 0.25) is 15.9 Å². The number of carbonyl (C=O) groups is 1. The molecule has 0 aromatic heterocycles. The molecule has 1 aliphatic rings. The van der Waals surface area contributed by atoms with Crippen LogP contribution in [0, 0.1) is 5.92 Å². The molecule has 5 nitrogen and oxygen atoms in total. The first-order chi connectivity index (χ1) is 14.9. The second kappa shape index (κ2) is 9.39. The number of nitrogens with zero attached hydrogens (tertiary/aromatic N) is 1. The van der Waals surface area contributed by atoms with Gasteiger partial charge < -0.3 is 5.32 Å². The van der Waals surface area contributed by atoms with Crippen molar-refractivity contribution in [3.05, 3.63) is 82.9 Å². The van der Waals surface area contributed by atoms with Crippen LogP contribution in [0.5, 0.6) is 0 Å². The maximum absolute atomic E-state index is 12.8. The standard InChI is InChI=1S/C24H25ClN2O3S/c25-22-9-3-5-18(15-22)17-31(29,30)27-13-11-20(12-14-27)24(28)26-16-21-8-4-7-19-6-1-2-10-23(19)21/h1-10,15,20H,11-14,16-17H2,(H,26,28). The lowest BCUT2D eigenvalue weighted by molar-refractivity contribution is -0.126. The molecule has 1 fully saturated rings. The van der Waals surface area contributed by atoms with E-state index < -0.39 is 10.0 Å². The summed E-state index contributed by atoms with van der Waals surface area (Å²) in [6.45, 7) is 1.18. The number of benzene rings is 3. The van der Waals surface area contributed by atoms with Crippen LogP contribution in [0.25, 0.3) is 10.8 Å². The summed E-state index contributed by atoms with van der Waals surface area (Å²) in [5.74, 6) is -0.265. The molecule has 31 heavy (non-hydrogen) atoms. The SMILES string of the molecule is O=C(NCc1cccc2ccccc12)C1CCN(S(=O)(=O)Cc2cccc(Cl)c2)CC1. The fourth-order valence-electron chi connectivity index (χ4n) is 4.10. The monoisotopic (exact) mass is 456 g/mol. The Morgan fingerprint density at radius 3 is 2.48 bits per heavy atom. The highest BCUT2D eigenvalue weighted by molar-refractivity contribution is 7.88. The molecule has 3 aromatic rings. The van der Waals surface area contributed by atoms with E-state index in [0.29, 0.717) is 43.1 Å². The molecule has 4 rings (SSSR count). The van der Waals surface area contributed by atoms with Gasteiger partial charge in [-0.05, 0) is 46.9 Å². The van der Waals surface area contributed by atoms with Crippen LogP contribution in [0.2, 0.25) is 5.02 Å². The largest absolute Gasteiger partial charge is 0.352 e. The van der Waals surface area contributed by atoms with E-state index in [1.165, 1.54) is 4.31 Å². The molecular weight excluding hydrogens is 432 g/mol. The number of nitrogens with one attached hydrogen (secondary N) is 1. The molecule has 0 atom stereocenters. The van der Waals surface area contributed by atoms with Crippen molar-refractivity contribution in [2.75, 3.05) is 13.1 Å². The zero-order valence-corrected chi connectivity index (χ0v) is 18.7. The molecule has 0 unspecified atom stereocenters. The summed E-state index contributed by atoms with van der Waals surface area (Å²) >= 11 is 5.97. The van der Waals surface area contributed by atoms with Crippen molar-refractivity contribution in [2.45, 2.75) is 25.1 Å². The number of piperidine rings is 1. The fraction of sp³-hybridized carbons (Fsp3) is 0.292. The summed E-state index contributed by atoms with van der Waals surface area (Å²) in [5.41, 5.74) is 1.75. The van der Waals surface area contributed by atoms with E-state index in [2.05, 4.69) is 23.5 Å². The van der Waals surface area contributed by atoms with E-state index in [1.54, 1.807) is 24.3 Å². The third-order valence-electron chi connectivity index (χ3n) is 5.79. The number of carbonyl (C=O) groups excluding carboxylic acids is 1. The number of amides is 1. The number of fused-ring (bicyclic) bond motifs is 1. The van der Waals surface area contributed by atoms with Gasteiger partial charge in [0, 0.05) is 30.6 Å². The molecule has 0 bridgehead atoms. The van der Waals surface area contributed by atoms with Crippen molar-refractivity contribution < 1.29 is 13.2 Å². The summed E-state index contributed by atoms with van der Waals surface area (Å²) < 4.78 is 27.0. The van der Waals surface area contributed by atoms with Crippen LogP contribution < -0.4 is 5.32 Å². The molecule has 0 saturated carbocycles. The summed E-state index contributed by atoms with van der Waals surface area (Å²) in [5, 5.41) is 5.84. The molecule has 3 aromatic carbocycles. The van der Waals surface area contributed by atoms with Crippen molar-refractivity contribution in [1.82, 2.24) is 9.62 Å². The normalized spacial score (nSPS) is 15.8. The number of hydrogen-bond donors (Lipinski definition) is 1. The lowest BCUT2D eigenvalue weighted by Crippen LogP contribution is -2.43. The topological polar surface area (TPSA) is 66.5 Å². The number of sulfonamides is 1. The van der Waals surface area contributed by atoms with Gasteiger partial charge in [-0.25, -0.2) is 12.7 Å². The van der Waals surface area contributed by atoms with Crippen molar-refractivity contribution in [3.8, 4) is 0 Å². The number of hydrogen-bond acceptors (Lipinski definition) is 3. The molecular formula is C24H25ClN2O3S. The zero-order chi connectivity index (χ0) is 21.8. The summed E-state index contributed by atoms with van der Waals surface area (Å²) in [4.78, 5) is 12.7. The predicted octanol–water partition coefficient (Wildman–Crippen LogP) is 4.35. The third kappa shape index (κ3) is 5.26. The predicted molar refractivity (Wildman–Crippen MR) is 124 cm³/mol. The number of rotatable bonds is 6. The highest BCUT2D eigenvalue weighted by atomic mass is 35.5. The van der Waals surface area contributed by atoms with Crippen LogP contribution in [-0.2, 0) is 27.1 Å². The lowest BCUT2D eigenvalue weighted by Gasteiger charge is -2.30. The highest BCUT2D eigenvalue weighted by Crippen LogP contribution is 2.23. The van der Waals surface area contributed by atoms with Gasteiger partial charge in [0.05, 0.1) is 5.75 Å². The molecule has 7 heteroatoms. The van der Waals surface area contributed by atoms with Crippen molar-refractivity contribution in [1.29, 1.82) is 0 Å². The maximum atomic E-state index is 12.8. The Bertz CT molecular complexity index is 1180. The minimum absolute atomic E-state index is 0.0141. The smallest absolute Gasteiger partial charge is 0.223 e. The van der Waals surface area contributed by atoms with E-state index in [-0.39, 0.29) is 17.6 Å². The van der Waals surface area contributed by atoms with Gasteiger partial charge in [0.1, 0.15) is 0 Å².